The predicted octanol–water partition coefficient (Wildman–Crippen LogP) is -3.64. The molecule has 3 unspecified atom stereocenters. The molecule has 4 heterocycles. The number of nitrogens with one attached hydrogen (secondary N) is 1. The summed E-state index contributed by atoms with van der Waals surface area (Å²) >= 11 is 0. The number of carbonyl (C=O) groups is 7. The molecule has 2 saturated heterocycles. The maximum absolute atomic E-state index is 13.2. The largest absolute Gasteiger partial charge is 0.480 e. The van der Waals surface area contributed by atoms with Gasteiger partial charge < -0.3 is 88.0 Å². The van der Waals surface area contributed by atoms with Crippen molar-refractivity contribution in [1.82, 2.24) is 58.7 Å². The SMILES string of the molecule is C=Cc1cn(CC(C)(O)P(=O)(O)O)cn1.C=O.CC(O)(Cn1cnc(CCP(=O)(O)CN2CCN(COC=O)CCN(COC=O)CCN(CC(=O)O)CC2)c1)P(=O)(O)O.O=COCN1CCNCCN(CC(=O)O)CCN(COC=O)CC1.O=PO. The quantitative estimate of drug-likeness (QED) is 0.0222. The first-order valence-corrected chi connectivity index (χ1v) is 32.2. The summed E-state index contributed by atoms with van der Waals surface area (Å²) in [6, 6.07) is 0. The fourth-order valence-corrected chi connectivity index (χ4v) is 10.0. The Kier molecular flexibility index (Phi) is 41.6. The summed E-state index contributed by atoms with van der Waals surface area (Å²) in [7, 11) is -14.0. The van der Waals surface area contributed by atoms with Gasteiger partial charge in [-0.1, -0.05) is 6.58 Å². The Morgan fingerprint density at radius 2 is 0.920 bits per heavy atom. The second-order valence-corrected chi connectivity index (χ2v) is 26.2. The number of imidazole rings is 2. The number of nitrogens with zero attached hydrogens (tertiary/aromatic N) is 11. The molecule has 11 N–H and O–H groups in total. The van der Waals surface area contributed by atoms with Crippen molar-refractivity contribution in [1.29, 1.82) is 0 Å². The third-order valence-electron chi connectivity index (χ3n) is 12.5. The van der Waals surface area contributed by atoms with Gasteiger partial charge in [0.25, 0.3) is 25.9 Å². The summed E-state index contributed by atoms with van der Waals surface area (Å²) in [6.07, 6.45) is 6.90. The van der Waals surface area contributed by atoms with E-state index in [1.165, 1.54) is 40.3 Å². The molecule has 4 rings (SSSR count). The summed E-state index contributed by atoms with van der Waals surface area (Å²) < 4.78 is 66.3. The van der Waals surface area contributed by atoms with Crippen molar-refractivity contribution >= 4 is 81.9 Å². The van der Waals surface area contributed by atoms with Gasteiger partial charge in [0.2, 0.25) is 7.37 Å². The summed E-state index contributed by atoms with van der Waals surface area (Å²) in [5.74, 6) is -1.89. The van der Waals surface area contributed by atoms with Gasteiger partial charge in [0.15, 0.2) is 10.7 Å². The van der Waals surface area contributed by atoms with E-state index >= 15 is 0 Å². The highest BCUT2D eigenvalue weighted by molar-refractivity contribution is 7.57. The molecule has 87 heavy (non-hydrogen) atoms. The van der Waals surface area contributed by atoms with Crippen LogP contribution in [0.4, 0.5) is 0 Å². The summed E-state index contributed by atoms with van der Waals surface area (Å²) in [5.41, 5.74) is 0.980. The van der Waals surface area contributed by atoms with Crippen LogP contribution in [0.3, 0.4) is 0 Å². The van der Waals surface area contributed by atoms with Crippen molar-refractivity contribution < 1.29 is 121 Å². The zero-order valence-corrected chi connectivity index (χ0v) is 52.1. The first kappa shape index (κ1) is 81.8. The lowest BCUT2D eigenvalue weighted by atomic mass is 10.3. The molecule has 0 aromatic carbocycles. The predicted molar refractivity (Wildman–Crippen MR) is 307 cm³/mol. The normalized spacial score (nSPS) is 18.5. The Morgan fingerprint density at radius 1 is 0.598 bits per heavy atom. The number of aryl methyl sites for hydroxylation is 1. The third kappa shape index (κ3) is 37.4. The fraction of sp³-hybridized carbons (Fsp3) is 0.674. The molecule has 2 aromatic rings. The number of hydrogen-bond donors (Lipinski definition) is 11. The molecule has 37 nitrogen and oxygen atoms in total. The van der Waals surface area contributed by atoms with Gasteiger partial charge in [0.1, 0.15) is 33.7 Å². The molecule has 0 aliphatic carbocycles. The topological polar surface area (TPSA) is 497 Å². The van der Waals surface area contributed by atoms with Crippen molar-refractivity contribution in [2.75, 3.05) is 157 Å². The molecule has 498 valence electrons. The number of ether oxygens (including phenoxy) is 4. The second-order valence-electron chi connectivity index (χ2n) is 19.5. The minimum absolute atomic E-state index is 0.00778. The van der Waals surface area contributed by atoms with Crippen LogP contribution < -0.4 is 5.32 Å². The van der Waals surface area contributed by atoms with Crippen LogP contribution in [0, 0.1) is 0 Å². The van der Waals surface area contributed by atoms with E-state index in [-0.39, 0.29) is 78.5 Å². The van der Waals surface area contributed by atoms with Crippen LogP contribution in [0.5, 0.6) is 0 Å². The number of aliphatic hydroxyl groups is 2. The minimum Gasteiger partial charge on any atom is -0.480 e. The monoisotopic (exact) mass is 1330 g/mol. The summed E-state index contributed by atoms with van der Waals surface area (Å²) in [4.78, 5) is 148. The lowest BCUT2D eigenvalue weighted by Crippen LogP contribution is -2.47. The Labute approximate surface area is 504 Å². The Morgan fingerprint density at radius 3 is 1.26 bits per heavy atom. The number of carbonyl (C=O) groups excluding carboxylic acids is 5. The molecule has 0 bridgehead atoms. The van der Waals surface area contributed by atoms with Gasteiger partial charge in [-0.2, -0.15) is 0 Å². The van der Waals surface area contributed by atoms with Crippen molar-refractivity contribution in [2.24, 2.45) is 0 Å². The van der Waals surface area contributed by atoms with Crippen molar-refractivity contribution in [3.05, 3.63) is 43.0 Å². The summed E-state index contributed by atoms with van der Waals surface area (Å²) in [6.45, 7) is 16.3. The average molecular weight is 1330 g/mol. The van der Waals surface area contributed by atoms with E-state index in [1.807, 2.05) is 31.3 Å². The molecule has 2 fully saturated rings. The van der Waals surface area contributed by atoms with E-state index in [4.69, 9.17) is 48.1 Å². The Bertz CT molecular complexity index is 2470. The molecule has 0 amide bonds. The van der Waals surface area contributed by atoms with Gasteiger partial charge in [0, 0.05) is 130 Å². The average Bonchev–Trinajstić information content (AvgIpc) is 4.32. The molecule has 41 heteroatoms. The van der Waals surface area contributed by atoms with Gasteiger partial charge in [-0.05, 0) is 19.9 Å². The first-order valence-electron chi connectivity index (χ1n) is 26.2. The molecule has 2 aliphatic rings. The number of carboxylic acids is 2. The van der Waals surface area contributed by atoms with E-state index in [0.29, 0.717) is 129 Å². The highest BCUT2D eigenvalue weighted by Gasteiger charge is 2.42. The van der Waals surface area contributed by atoms with Gasteiger partial charge in [-0.25, -0.2) is 14.5 Å². The number of aliphatic carboxylic acids is 2. The molecule has 2 aromatic heterocycles. The van der Waals surface area contributed by atoms with Crippen molar-refractivity contribution in [3.8, 4) is 0 Å². The molecular formula is C46H84N12O25P4. The minimum atomic E-state index is -4.80. The fourth-order valence-electron chi connectivity index (χ4n) is 7.72. The van der Waals surface area contributed by atoms with Crippen LogP contribution >= 0.6 is 31.2 Å². The van der Waals surface area contributed by atoms with Gasteiger partial charge >= 0.3 is 35.8 Å². The van der Waals surface area contributed by atoms with Gasteiger partial charge in [-0.15, -0.1) is 0 Å². The Balaban J connectivity index is 0.00000140. The number of carboxylic acid groups (broad SMARTS) is 2. The van der Waals surface area contributed by atoms with Crippen LogP contribution in [0.1, 0.15) is 25.2 Å². The van der Waals surface area contributed by atoms with Crippen molar-refractivity contribution in [2.45, 2.75) is 44.0 Å². The van der Waals surface area contributed by atoms with E-state index in [1.54, 1.807) is 9.80 Å². The number of rotatable bonds is 28. The van der Waals surface area contributed by atoms with E-state index in [9.17, 15) is 72.5 Å². The molecule has 3 atom stereocenters. The van der Waals surface area contributed by atoms with Crippen LogP contribution in [-0.2, 0) is 90.3 Å². The number of hydrogen-bond acceptors (Lipinski definition) is 27. The van der Waals surface area contributed by atoms with Crippen LogP contribution in [0.2, 0.25) is 0 Å². The lowest BCUT2D eigenvalue weighted by molar-refractivity contribution is -0.139. The molecule has 0 saturated carbocycles. The van der Waals surface area contributed by atoms with Crippen LogP contribution in [-0.4, -0.2) is 316 Å². The number of aromatic nitrogens is 4. The van der Waals surface area contributed by atoms with Crippen LogP contribution in [0.25, 0.3) is 6.08 Å². The zero-order chi connectivity index (χ0) is 66.1. The maximum Gasteiger partial charge on any atom is 0.358 e. The van der Waals surface area contributed by atoms with Crippen molar-refractivity contribution in [3.63, 3.8) is 0 Å². The molecule has 0 radical (unpaired) electrons. The van der Waals surface area contributed by atoms with Gasteiger partial charge in [0.05, 0.1) is 56.5 Å². The van der Waals surface area contributed by atoms with Crippen LogP contribution in [0.15, 0.2) is 31.6 Å². The maximum atomic E-state index is 13.2. The van der Waals surface area contributed by atoms with E-state index in [2.05, 4.69) is 21.9 Å². The third-order valence-corrected chi connectivity index (χ3v) is 17.1. The standard InChI is InChI=1S/C23H42N6O12P2.C14H26N4O6.C8H13N2O4P.CH2O.HO2P/c1-23(34,43(37,38)39)14-29-12-21(24-15-29)2-11-42(35,36)18-28-9-4-25(13-22(32)33)3-5-26(16-40-19-30)6-7-27(8-10-28)17-41-20-31;19-12-23-10-17-4-2-15-1-3-16(9-14(21)22)5-6-18(8-7-17)11-24-13-20;1-3-7-4-10(6-9-7)5-8(2,11)15(12,13)14;1-2;1-3-2/h12,15,19-20,34H,2-11,13-14,16-18H2,1H3,(H,32,33)(H,35,36)(H2,37,38,39);12-13,15H,1-11H2,(H,21,22);3-4,6,11H,1,5H2,2H3,(H2,12,13,14);1H2;(H,1,2). The van der Waals surface area contributed by atoms with E-state index in [0.717, 1.165) is 13.8 Å². The smallest absolute Gasteiger partial charge is 0.358 e. The molecular weight excluding hydrogens is 1240 g/mol. The Hall–Kier alpha value is -5.20. The first-order chi connectivity index (χ1) is 41.0. The molecule has 0 spiro atoms. The molecule has 2 aliphatic heterocycles. The second kappa shape index (κ2) is 44.3. The zero-order valence-electron chi connectivity index (χ0n) is 48.5. The summed E-state index contributed by atoms with van der Waals surface area (Å²) in [5, 5.41) is 36.8. The highest BCUT2D eigenvalue weighted by atomic mass is 31.2. The van der Waals surface area contributed by atoms with E-state index < -0.39 is 60.4 Å². The highest BCUT2D eigenvalue weighted by Crippen LogP contribution is 2.50. The lowest BCUT2D eigenvalue weighted by Gasteiger charge is -2.33. The van der Waals surface area contributed by atoms with Gasteiger partial charge in [-0.3, -0.25) is 76.8 Å².